The molecule has 9 nitrogen and oxygen atoms in total. The fourth-order valence-electron chi connectivity index (χ4n) is 4.53. The summed E-state index contributed by atoms with van der Waals surface area (Å²) >= 11 is 0. The fourth-order valence-corrected chi connectivity index (χ4v) is 4.53. The van der Waals surface area contributed by atoms with Crippen LogP contribution in [-0.2, 0) is 29.0 Å². The smallest absolute Gasteiger partial charge is 0.249 e. The van der Waals surface area contributed by atoms with Crippen LogP contribution < -0.4 is 19.7 Å². The second-order valence-corrected chi connectivity index (χ2v) is 9.48. The summed E-state index contributed by atoms with van der Waals surface area (Å²) in [5.41, 5.74) is 4.25. The summed E-state index contributed by atoms with van der Waals surface area (Å²) in [6, 6.07) is 14.1. The summed E-state index contributed by atoms with van der Waals surface area (Å²) in [7, 11) is 1.68. The molecule has 0 fully saturated rings. The van der Waals surface area contributed by atoms with Gasteiger partial charge in [-0.05, 0) is 42.5 Å². The first-order valence-electron chi connectivity index (χ1n) is 12.5. The van der Waals surface area contributed by atoms with Gasteiger partial charge in [0.05, 0.1) is 5.69 Å². The highest BCUT2D eigenvalue weighted by molar-refractivity contribution is 5.99. The van der Waals surface area contributed by atoms with E-state index in [1.807, 2.05) is 51.1 Å². The predicted molar refractivity (Wildman–Crippen MR) is 140 cm³/mol. The lowest BCUT2D eigenvalue weighted by atomic mass is 10.0. The zero-order valence-corrected chi connectivity index (χ0v) is 21.7. The van der Waals surface area contributed by atoms with Gasteiger partial charge in [0.25, 0.3) is 0 Å². The van der Waals surface area contributed by atoms with Crippen LogP contribution in [0.2, 0.25) is 0 Å². The van der Waals surface area contributed by atoms with Crippen molar-refractivity contribution in [2.24, 2.45) is 0 Å². The third kappa shape index (κ3) is 5.94. The molecule has 0 radical (unpaired) electrons. The topological polar surface area (TPSA) is 106 Å². The van der Waals surface area contributed by atoms with Crippen molar-refractivity contribution in [3.63, 3.8) is 0 Å². The first-order chi connectivity index (χ1) is 17.8. The Labute approximate surface area is 217 Å². The molecule has 0 aliphatic carbocycles. The molecule has 0 saturated heterocycles. The molecule has 2 N–H and O–H groups in total. The number of hydrogen-bond donors (Lipinski definition) is 2. The molecule has 1 atom stereocenters. The van der Waals surface area contributed by atoms with Crippen LogP contribution in [0.3, 0.4) is 0 Å². The number of rotatable bonds is 10. The van der Waals surface area contributed by atoms with Gasteiger partial charge in [0.1, 0.15) is 12.6 Å². The first kappa shape index (κ1) is 26.2. The Bertz CT molecular complexity index is 1250. The van der Waals surface area contributed by atoms with E-state index >= 15 is 0 Å². The van der Waals surface area contributed by atoms with Gasteiger partial charge in [-0.25, -0.2) is 0 Å². The number of benzene rings is 2. The number of aromatic nitrogens is 2. The van der Waals surface area contributed by atoms with Gasteiger partial charge in [0.15, 0.2) is 11.5 Å². The second-order valence-electron chi connectivity index (χ2n) is 9.48. The van der Waals surface area contributed by atoms with Crippen LogP contribution in [0.4, 0.5) is 5.69 Å². The number of nitrogens with zero attached hydrogens (tertiary/aromatic N) is 3. The summed E-state index contributed by atoms with van der Waals surface area (Å²) in [4.78, 5) is 28.3. The lowest BCUT2D eigenvalue weighted by molar-refractivity contribution is -0.127. The molecule has 2 aromatic carbocycles. The fraction of sp³-hybridized carbons (Fsp3) is 0.393. The zero-order chi connectivity index (χ0) is 26.5. The largest absolute Gasteiger partial charge is 0.454 e. The monoisotopic (exact) mass is 506 g/mol. The highest BCUT2D eigenvalue weighted by atomic mass is 16.7. The molecule has 3 aromatic rings. The van der Waals surface area contributed by atoms with Crippen LogP contribution in [0, 0.1) is 6.92 Å². The average Bonchev–Trinajstić information content (AvgIpc) is 3.48. The molecule has 0 spiro atoms. The predicted octanol–water partition coefficient (Wildman–Crippen LogP) is 2.97. The summed E-state index contributed by atoms with van der Waals surface area (Å²) in [6.07, 6.45) is 0.821. The molecule has 1 aliphatic rings. The van der Waals surface area contributed by atoms with Crippen molar-refractivity contribution >= 4 is 17.5 Å². The van der Waals surface area contributed by atoms with E-state index in [0.29, 0.717) is 30.0 Å². The van der Waals surface area contributed by atoms with Crippen molar-refractivity contribution in [2.75, 3.05) is 25.3 Å². The normalized spacial score (nSPS) is 13.0. The van der Waals surface area contributed by atoms with E-state index in [9.17, 15) is 14.7 Å². The van der Waals surface area contributed by atoms with Crippen LogP contribution in [-0.4, -0.2) is 53.2 Å². The summed E-state index contributed by atoms with van der Waals surface area (Å²) in [5.74, 6) is 0.804. The number of nitrogens with one attached hydrogen (secondary N) is 1. The number of aliphatic hydroxyl groups is 1. The zero-order valence-electron chi connectivity index (χ0n) is 21.7. The van der Waals surface area contributed by atoms with Crippen molar-refractivity contribution in [3.8, 4) is 11.5 Å². The van der Waals surface area contributed by atoms with Crippen LogP contribution in [0.1, 0.15) is 42.3 Å². The number of fused-ring (bicyclic) bond motifs is 1. The number of amides is 2. The lowest BCUT2D eigenvalue weighted by Crippen LogP contribution is -2.49. The number of hydrogen-bond acceptors (Lipinski definition) is 6. The molecule has 0 bridgehead atoms. The van der Waals surface area contributed by atoms with Crippen molar-refractivity contribution < 1.29 is 24.2 Å². The van der Waals surface area contributed by atoms with Gasteiger partial charge in [-0.1, -0.05) is 44.2 Å². The number of likely N-dealkylation sites (N-methyl/N-ethyl adjacent to an activating group) is 1. The molecule has 2 heterocycles. The third-order valence-electron chi connectivity index (χ3n) is 6.55. The van der Waals surface area contributed by atoms with Crippen LogP contribution in [0.5, 0.6) is 11.5 Å². The van der Waals surface area contributed by atoms with Gasteiger partial charge in [-0.2, -0.15) is 5.10 Å². The molecule has 9 heteroatoms. The van der Waals surface area contributed by atoms with Crippen LogP contribution >= 0.6 is 0 Å². The second kappa shape index (κ2) is 11.5. The highest BCUT2D eigenvalue weighted by Gasteiger charge is 2.27. The van der Waals surface area contributed by atoms with Crippen molar-refractivity contribution in [1.29, 1.82) is 0 Å². The Balaban J connectivity index is 1.54. The summed E-state index contributed by atoms with van der Waals surface area (Å²) in [5, 5.41) is 17.1. The minimum atomic E-state index is -0.789. The minimum Gasteiger partial charge on any atom is -0.454 e. The SMILES string of the molecule is Cc1c(CCO)c(C(C)C)nn1CC(=O)NC(Cc1ccccc1)C(=O)N(C)c1ccc2c(c1)OCO2. The molecular weight excluding hydrogens is 472 g/mol. The maximum atomic E-state index is 13.6. The molecule has 1 aliphatic heterocycles. The first-order valence-corrected chi connectivity index (χ1v) is 12.5. The molecule has 1 aromatic heterocycles. The number of anilines is 1. The van der Waals surface area contributed by atoms with E-state index in [2.05, 4.69) is 10.4 Å². The van der Waals surface area contributed by atoms with E-state index in [1.54, 1.807) is 29.9 Å². The average molecular weight is 507 g/mol. The quantitative estimate of drug-likeness (QED) is 0.438. The van der Waals surface area contributed by atoms with E-state index in [0.717, 1.165) is 22.5 Å². The molecule has 37 heavy (non-hydrogen) atoms. The van der Waals surface area contributed by atoms with Gasteiger partial charge < -0.3 is 24.8 Å². The summed E-state index contributed by atoms with van der Waals surface area (Å²) < 4.78 is 12.5. The van der Waals surface area contributed by atoms with Gasteiger partial charge in [0, 0.05) is 37.5 Å². The number of carbonyl (C=O) groups excluding carboxylic acids is 2. The maximum absolute atomic E-state index is 13.6. The van der Waals surface area contributed by atoms with Gasteiger partial charge in [-0.15, -0.1) is 0 Å². The van der Waals surface area contributed by atoms with Crippen molar-refractivity contribution in [1.82, 2.24) is 15.1 Å². The molecule has 2 amide bonds. The maximum Gasteiger partial charge on any atom is 0.249 e. The standard InChI is InChI=1S/C28H34N4O5/c1-18(2)27-22(12-13-33)19(3)32(30-27)16-26(34)29-23(14-20-8-6-5-7-9-20)28(35)31(4)21-10-11-24-25(15-21)37-17-36-24/h5-11,15,18,23,33H,12-14,16-17H2,1-4H3,(H,29,34). The molecule has 0 saturated carbocycles. The number of ether oxygens (including phenoxy) is 2. The molecule has 196 valence electrons. The van der Waals surface area contributed by atoms with E-state index in [4.69, 9.17) is 9.47 Å². The van der Waals surface area contributed by atoms with E-state index < -0.39 is 6.04 Å². The van der Waals surface area contributed by atoms with Crippen molar-refractivity contribution in [3.05, 3.63) is 71.0 Å². The van der Waals surface area contributed by atoms with Crippen LogP contribution in [0.25, 0.3) is 0 Å². The number of carbonyl (C=O) groups is 2. The summed E-state index contributed by atoms with van der Waals surface area (Å²) in [6.45, 7) is 6.11. The Morgan fingerprint density at radius 3 is 2.57 bits per heavy atom. The lowest BCUT2D eigenvalue weighted by Gasteiger charge is -2.25. The van der Waals surface area contributed by atoms with E-state index in [1.165, 1.54) is 4.90 Å². The third-order valence-corrected chi connectivity index (χ3v) is 6.55. The Kier molecular flexibility index (Phi) is 8.13. The number of aliphatic hydroxyl groups excluding tert-OH is 1. The van der Waals surface area contributed by atoms with Crippen LogP contribution in [0.15, 0.2) is 48.5 Å². The van der Waals surface area contributed by atoms with Gasteiger partial charge >= 0.3 is 0 Å². The Morgan fingerprint density at radius 1 is 1.14 bits per heavy atom. The van der Waals surface area contributed by atoms with Crippen molar-refractivity contribution in [2.45, 2.75) is 52.1 Å². The highest BCUT2D eigenvalue weighted by Crippen LogP contribution is 2.35. The molecular formula is C28H34N4O5. The van der Waals surface area contributed by atoms with Gasteiger partial charge in [0.2, 0.25) is 18.6 Å². The van der Waals surface area contributed by atoms with E-state index in [-0.39, 0.29) is 37.7 Å². The molecule has 1 unspecified atom stereocenters. The Hall–Kier alpha value is -3.85. The minimum absolute atomic E-state index is 0.0122. The molecule has 4 rings (SSSR count). The Morgan fingerprint density at radius 2 is 1.86 bits per heavy atom. The van der Waals surface area contributed by atoms with Gasteiger partial charge in [-0.3, -0.25) is 14.3 Å².